The van der Waals surface area contributed by atoms with Crippen molar-refractivity contribution in [2.75, 3.05) is 4.31 Å². The molecule has 0 unspecified atom stereocenters. The van der Waals surface area contributed by atoms with Gasteiger partial charge in [0.25, 0.3) is 15.9 Å². The van der Waals surface area contributed by atoms with Crippen molar-refractivity contribution in [3.05, 3.63) is 89.5 Å². The summed E-state index contributed by atoms with van der Waals surface area (Å²) in [7, 11) is -7.68. The first-order valence-electron chi connectivity index (χ1n) is 10.6. The largest absolute Gasteiger partial charge is 0.346 e. The number of hydrogen-bond acceptors (Lipinski definition) is 5. The van der Waals surface area contributed by atoms with E-state index in [0.717, 1.165) is 5.56 Å². The van der Waals surface area contributed by atoms with Gasteiger partial charge in [-0.3, -0.25) is 9.10 Å². The minimum atomic E-state index is -3.87. The number of carbonyl (C=O) groups excluding carboxylic acids is 1. The molecule has 4 rings (SSSR count). The van der Waals surface area contributed by atoms with Crippen LogP contribution in [0.5, 0.6) is 0 Å². The average Bonchev–Trinajstić information content (AvgIpc) is 3.15. The Labute approximate surface area is 199 Å². The van der Waals surface area contributed by atoms with E-state index in [1.165, 1.54) is 28.6 Å². The van der Waals surface area contributed by atoms with Crippen LogP contribution >= 0.6 is 0 Å². The number of fused-ring (bicyclic) bond motifs is 1. The fraction of sp³-hybridized carbons (Fsp3) is 0.208. The lowest BCUT2D eigenvalue weighted by Gasteiger charge is -2.24. The van der Waals surface area contributed by atoms with E-state index in [9.17, 15) is 21.6 Å². The van der Waals surface area contributed by atoms with Gasteiger partial charge in [0.1, 0.15) is 0 Å². The van der Waals surface area contributed by atoms with Gasteiger partial charge in [0, 0.05) is 11.6 Å². The van der Waals surface area contributed by atoms with Gasteiger partial charge in [0.05, 0.1) is 21.5 Å². The molecule has 8 nitrogen and oxygen atoms in total. The minimum Gasteiger partial charge on any atom is -0.346 e. The van der Waals surface area contributed by atoms with Gasteiger partial charge < -0.3 is 5.32 Å². The molecule has 0 saturated heterocycles. The summed E-state index contributed by atoms with van der Waals surface area (Å²) in [6.45, 7) is 3.60. The highest BCUT2D eigenvalue weighted by molar-refractivity contribution is 7.93. The van der Waals surface area contributed by atoms with Crippen LogP contribution in [0.4, 0.5) is 5.69 Å². The Bertz CT molecular complexity index is 1450. The monoisotopic (exact) mass is 499 g/mol. The fourth-order valence-corrected chi connectivity index (χ4v) is 6.38. The molecule has 2 atom stereocenters. The van der Waals surface area contributed by atoms with Crippen LogP contribution in [0.15, 0.2) is 82.6 Å². The van der Waals surface area contributed by atoms with Gasteiger partial charge in [-0.05, 0) is 67.8 Å². The Morgan fingerprint density at radius 1 is 0.971 bits per heavy atom. The molecular formula is C24H25N3O5S2. The minimum absolute atomic E-state index is 0.0228. The maximum Gasteiger partial charge on any atom is 0.264 e. The second kappa shape index (κ2) is 8.86. The number of nitrogens with zero attached hydrogens (tertiary/aromatic N) is 1. The van der Waals surface area contributed by atoms with Crippen molar-refractivity contribution >= 4 is 31.6 Å². The molecule has 3 aromatic rings. The van der Waals surface area contributed by atoms with Crippen LogP contribution in [0.2, 0.25) is 0 Å². The van der Waals surface area contributed by atoms with E-state index in [0.29, 0.717) is 17.7 Å². The molecular weight excluding hydrogens is 474 g/mol. The lowest BCUT2D eigenvalue weighted by atomic mass is 10.1. The summed E-state index contributed by atoms with van der Waals surface area (Å²) in [6.07, 6.45) is 0.622. The number of primary sulfonamides is 1. The zero-order chi connectivity index (χ0) is 24.7. The molecule has 0 spiro atoms. The predicted molar refractivity (Wildman–Crippen MR) is 129 cm³/mol. The van der Waals surface area contributed by atoms with Gasteiger partial charge in [-0.25, -0.2) is 22.0 Å². The van der Waals surface area contributed by atoms with E-state index in [1.54, 1.807) is 43.3 Å². The SMILES string of the molecule is C[C@H](NC(=O)c1cccc(S(=O)(=O)N2c3ccccc3C[C@H]2C)c1)c1ccc(S(N)(=O)=O)cc1. The van der Waals surface area contributed by atoms with Gasteiger partial charge in [0.15, 0.2) is 0 Å². The molecule has 0 aliphatic carbocycles. The Balaban J connectivity index is 1.56. The summed E-state index contributed by atoms with van der Waals surface area (Å²) >= 11 is 0. The molecule has 1 aliphatic rings. The highest BCUT2D eigenvalue weighted by Gasteiger charge is 2.36. The van der Waals surface area contributed by atoms with E-state index in [4.69, 9.17) is 5.14 Å². The maximum absolute atomic E-state index is 13.5. The van der Waals surface area contributed by atoms with E-state index >= 15 is 0 Å². The number of para-hydroxylation sites is 1. The predicted octanol–water partition coefficient (Wildman–Crippen LogP) is 2.96. The molecule has 3 N–H and O–H groups in total. The average molecular weight is 500 g/mol. The van der Waals surface area contributed by atoms with E-state index in [-0.39, 0.29) is 21.4 Å². The van der Waals surface area contributed by atoms with Crippen LogP contribution in [0.3, 0.4) is 0 Å². The number of benzene rings is 3. The smallest absolute Gasteiger partial charge is 0.264 e. The molecule has 1 aliphatic heterocycles. The fourth-order valence-electron chi connectivity index (χ4n) is 4.12. The molecule has 0 fully saturated rings. The van der Waals surface area contributed by atoms with Gasteiger partial charge >= 0.3 is 0 Å². The number of carbonyl (C=O) groups is 1. The Morgan fingerprint density at radius 3 is 2.32 bits per heavy atom. The molecule has 1 amide bonds. The molecule has 34 heavy (non-hydrogen) atoms. The van der Waals surface area contributed by atoms with Crippen molar-refractivity contribution in [1.29, 1.82) is 0 Å². The van der Waals surface area contributed by atoms with Gasteiger partial charge in [0.2, 0.25) is 10.0 Å². The van der Waals surface area contributed by atoms with Crippen molar-refractivity contribution in [3.63, 3.8) is 0 Å². The van der Waals surface area contributed by atoms with E-state index in [1.807, 2.05) is 19.1 Å². The summed E-state index contributed by atoms with van der Waals surface area (Å²) in [5.74, 6) is -0.449. The molecule has 178 valence electrons. The van der Waals surface area contributed by atoms with Crippen molar-refractivity contribution in [1.82, 2.24) is 5.32 Å². The zero-order valence-electron chi connectivity index (χ0n) is 18.7. The first-order valence-corrected chi connectivity index (χ1v) is 13.6. The first-order chi connectivity index (χ1) is 16.0. The van der Waals surface area contributed by atoms with Gasteiger partial charge in [-0.1, -0.05) is 36.4 Å². The van der Waals surface area contributed by atoms with Crippen LogP contribution in [-0.2, 0) is 26.5 Å². The van der Waals surface area contributed by atoms with E-state index in [2.05, 4.69) is 5.32 Å². The number of anilines is 1. The lowest BCUT2D eigenvalue weighted by molar-refractivity contribution is 0.0939. The van der Waals surface area contributed by atoms with Crippen molar-refractivity contribution in [2.24, 2.45) is 5.14 Å². The first kappa shape index (κ1) is 23.9. The third kappa shape index (κ3) is 4.56. The Morgan fingerprint density at radius 2 is 1.65 bits per heavy atom. The summed E-state index contributed by atoms with van der Waals surface area (Å²) in [5.41, 5.74) is 2.50. The normalized spacial score (nSPS) is 16.7. The Hall–Kier alpha value is -3.21. The second-order valence-corrected chi connectivity index (χ2v) is 11.7. The van der Waals surface area contributed by atoms with Crippen molar-refractivity contribution < 1.29 is 21.6 Å². The third-order valence-electron chi connectivity index (χ3n) is 5.85. The molecule has 3 aromatic carbocycles. The second-order valence-electron chi connectivity index (χ2n) is 8.32. The molecule has 0 radical (unpaired) electrons. The molecule has 10 heteroatoms. The zero-order valence-corrected chi connectivity index (χ0v) is 20.3. The number of sulfonamides is 2. The molecule has 0 saturated carbocycles. The van der Waals surface area contributed by atoms with Gasteiger partial charge in [-0.15, -0.1) is 0 Å². The highest BCUT2D eigenvalue weighted by atomic mass is 32.2. The topological polar surface area (TPSA) is 127 Å². The van der Waals surface area contributed by atoms with Crippen LogP contribution < -0.4 is 14.8 Å². The number of rotatable bonds is 6. The third-order valence-corrected chi connectivity index (χ3v) is 8.71. The summed E-state index contributed by atoms with van der Waals surface area (Å²) < 4.78 is 51.2. The molecule has 1 heterocycles. The number of amides is 1. The maximum atomic E-state index is 13.5. The standard InChI is InChI=1S/C24H25N3O5S2/c1-16-14-19-6-3-4-9-23(19)27(16)34(31,32)22-8-5-7-20(15-22)24(28)26-17(2)18-10-12-21(13-11-18)33(25,29)30/h3-13,15-17H,14H2,1-2H3,(H,26,28)(H2,25,29,30)/t16-,17+/m1/s1. The number of nitrogens with two attached hydrogens (primary N) is 1. The molecule has 0 bridgehead atoms. The van der Waals surface area contributed by atoms with Crippen molar-refractivity contribution in [2.45, 2.75) is 42.1 Å². The number of nitrogens with one attached hydrogen (secondary N) is 1. The molecule has 0 aromatic heterocycles. The van der Waals surface area contributed by atoms with Crippen LogP contribution in [0, 0.1) is 0 Å². The quantitative estimate of drug-likeness (QED) is 0.539. The number of hydrogen-bond donors (Lipinski definition) is 2. The van der Waals surface area contributed by atoms with Gasteiger partial charge in [-0.2, -0.15) is 0 Å². The summed E-state index contributed by atoms with van der Waals surface area (Å²) in [5, 5.41) is 7.93. The van der Waals surface area contributed by atoms with E-state index < -0.39 is 32.0 Å². The van der Waals surface area contributed by atoms with Crippen LogP contribution in [0.25, 0.3) is 0 Å². The van der Waals surface area contributed by atoms with Crippen LogP contribution in [-0.4, -0.2) is 28.8 Å². The van der Waals surface area contributed by atoms with Crippen LogP contribution in [0.1, 0.15) is 41.4 Å². The summed E-state index contributed by atoms with van der Waals surface area (Å²) in [6, 6.07) is 18.5. The summed E-state index contributed by atoms with van der Waals surface area (Å²) in [4.78, 5) is 12.9. The van der Waals surface area contributed by atoms with Crippen molar-refractivity contribution in [3.8, 4) is 0 Å². The highest BCUT2D eigenvalue weighted by Crippen LogP contribution is 2.36. The lowest BCUT2D eigenvalue weighted by Crippen LogP contribution is -2.36. The Kier molecular flexibility index (Phi) is 6.24.